The van der Waals surface area contributed by atoms with Crippen molar-refractivity contribution >= 4 is 27.1 Å². The van der Waals surface area contributed by atoms with Gasteiger partial charge in [0.15, 0.2) is 0 Å². The number of sulfone groups is 1. The van der Waals surface area contributed by atoms with Crippen LogP contribution >= 0.6 is 11.6 Å². The van der Waals surface area contributed by atoms with Crippen molar-refractivity contribution in [3.8, 4) is 0 Å². The molecule has 0 unspecified atom stereocenters. The Morgan fingerprint density at radius 3 is 2.55 bits per heavy atom. The number of hydrogen-bond acceptors (Lipinski definition) is 4. The second-order valence-corrected chi connectivity index (χ2v) is 9.26. The lowest BCUT2D eigenvalue weighted by Crippen LogP contribution is -2.43. The van der Waals surface area contributed by atoms with Crippen LogP contribution in [0.1, 0.15) is 26.5 Å². The molecule has 0 aliphatic heterocycles. The van der Waals surface area contributed by atoms with Gasteiger partial charge < -0.3 is 4.40 Å². The fraction of sp³-hybridized carbons (Fsp3) is 0.533. The summed E-state index contributed by atoms with van der Waals surface area (Å²) in [7, 11) is -2.99. The Morgan fingerprint density at radius 1 is 1.27 bits per heavy atom. The average molecular weight is 344 g/mol. The van der Waals surface area contributed by atoms with Crippen molar-refractivity contribution in [1.82, 2.24) is 14.3 Å². The lowest BCUT2D eigenvalue weighted by Gasteiger charge is -2.34. The summed E-state index contributed by atoms with van der Waals surface area (Å²) >= 11 is 5.98. The molecule has 0 bridgehead atoms. The fourth-order valence-corrected chi connectivity index (χ4v) is 2.94. The molecule has 7 heteroatoms. The van der Waals surface area contributed by atoms with E-state index in [4.69, 9.17) is 11.6 Å². The molecule has 0 fully saturated rings. The number of rotatable bonds is 5. The highest BCUT2D eigenvalue weighted by Crippen LogP contribution is 2.18. The maximum Gasteiger partial charge on any atom is 0.148 e. The van der Waals surface area contributed by atoms with Gasteiger partial charge in [0.2, 0.25) is 0 Å². The molecule has 0 N–H and O–H groups in total. The molecule has 0 radical (unpaired) electrons. The highest BCUT2D eigenvalue weighted by atomic mass is 35.5. The number of nitrogens with zero attached hydrogens (tertiary/aromatic N) is 3. The molecule has 2 rings (SSSR count). The first-order chi connectivity index (χ1) is 10.0. The van der Waals surface area contributed by atoms with Crippen LogP contribution < -0.4 is 0 Å². The largest absolute Gasteiger partial charge is 0.305 e. The highest BCUT2D eigenvalue weighted by Gasteiger charge is 2.23. The third-order valence-corrected chi connectivity index (χ3v) is 4.65. The van der Waals surface area contributed by atoms with Gasteiger partial charge in [-0.25, -0.2) is 13.4 Å². The molecular weight excluding hydrogens is 322 g/mol. The van der Waals surface area contributed by atoms with E-state index in [0.717, 1.165) is 11.3 Å². The lowest BCUT2D eigenvalue weighted by atomic mass is 10.1. The van der Waals surface area contributed by atoms with Crippen molar-refractivity contribution in [3.63, 3.8) is 0 Å². The van der Waals surface area contributed by atoms with E-state index in [1.54, 1.807) is 6.07 Å². The van der Waals surface area contributed by atoms with Gasteiger partial charge in [0.05, 0.1) is 16.5 Å². The topological polar surface area (TPSA) is 54.7 Å². The van der Waals surface area contributed by atoms with E-state index < -0.39 is 9.84 Å². The molecule has 22 heavy (non-hydrogen) atoms. The lowest BCUT2D eigenvalue weighted by molar-refractivity contribution is 0.135. The Kier molecular flexibility index (Phi) is 4.84. The van der Waals surface area contributed by atoms with E-state index in [-0.39, 0.29) is 11.3 Å². The van der Waals surface area contributed by atoms with E-state index in [1.807, 2.05) is 22.9 Å². The van der Waals surface area contributed by atoms with E-state index >= 15 is 0 Å². The van der Waals surface area contributed by atoms with E-state index in [2.05, 4.69) is 30.7 Å². The van der Waals surface area contributed by atoms with Crippen molar-refractivity contribution in [1.29, 1.82) is 0 Å². The minimum absolute atomic E-state index is 0.141. The average Bonchev–Trinajstić information content (AvgIpc) is 2.73. The molecule has 0 saturated heterocycles. The molecule has 0 amide bonds. The first kappa shape index (κ1) is 17.2. The molecular formula is C15H22ClN3O2S. The number of aromatic nitrogens is 2. The Balaban J connectivity index is 2.21. The van der Waals surface area contributed by atoms with Gasteiger partial charge in [-0.1, -0.05) is 11.6 Å². The van der Waals surface area contributed by atoms with E-state index in [1.165, 1.54) is 6.26 Å². The fourth-order valence-electron chi connectivity index (χ4n) is 2.22. The quantitative estimate of drug-likeness (QED) is 0.837. The molecule has 5 nitrogen and oxygen atoms in total. The summed E-state index contributed by atoms with van der Waals surface area (Å²) in [4.78, 5) is 6.69. The smallest absolute Gasteiger partial charge is 0.148 e. The molecule has 2 heterocycles. The number of halogens is 1. The van der Waals surface area contributed by atoms with E-state index in [0.29, 0.717) is 18.1 Å². The van der Waals surface area contributed by atoms with Crippen molar-refractivity contribution in [2.75, 3.05) is 18.6 Å². The van der Waals surface area contributed by atoms with Crippen molar-refractivity contribution in [2.24, 2.45) is 0 Å². The number of pyridine rings is 1. The maximum atomic E-state index is 11.4. The molecule has 122 valence electrons. The molecule has 2 aromatic heterocycles. The van der Waals surface area contributed by atoms with Gasteiger partial charge >= 0.3 is 0 Å². The second-order valence-electron chi connectivity index (χ2n) is 6.57. The third-order valence-electron chi connectivity index (χ3n) is 3.50. The van der Waals surface area contributed by atoms with Crippen LogP contribution in [0.25, 0.3) is 5.65 Å². The van der Waals surface area contributed by atoms with Crippen LogP contribution in [0.2, 0.25) is 5.02 Å². The van der Waals surface area contributed by atoms with Gasteiger partial charge in [-0.05, 0) is 32.9 Å². The van der Waals surface area contributed by atoms with Crippen LogP contribution in [0.15, 0.2) is 24.5 Å². The minimum atomic E-state index is -2.99. The van der Waals surface area contributed by atoms with Gasteiger partial charge in [-0.2, -0.15) is 0 Å². The number of imidazole rings is 1. The first-order valence-corrected chi connectivity index (χ1v) is 9.54. The third kappa shape index (κ3) is 4.69. The number of fused-ring (bicyclic) bond motifs is 1. The predicted molar refractivity (Wildman–Crippen MR) is 90.1 cm³/mol. The van der Waals surface area contributed by atoms with Crippen molar-refractivity contribution in [3.05, 3.63) is 35.2 Å². The molecule has 0 aromatic carbocycles. The van der Waals surface area contributed by atoms with Crippen molar-refractivity contribution < 1.29 is 8.42 Å². The predicted octanol–water partition coefficient (Wildman–Crippen LogP) is 2.63. The van der Waals surface area contributed by atoms with Gasteiger partial charge in [-0.15, -0.1) is 0 Å². The normalized spacial score (nSPS) is 13.2. The van der Waals surface area contributed by atoms with Crippen LogP contribution in [-0.2, 0) is 16.4 Å². The zero-order valence-electron chi connectivity index (χ0n) is 13.4. The summed E-state index contributed by atoms with van der Waals surface area (Å²) in [5.41, 5.74) is 1.58. The Morgan fingerprint density at radius 2 is 1.95 bits per heavy atom. The summed E-state index contributed by atoms with van der Waals surface area (Å²) in [6.07, 6.45) is 5.01. The van der Waals surface area contributed by atoms with Gasteiger partial charge in [-0.3, -0.25) is 4.90 Å². The zero-order valence-corrected chi connectivity index (χ0v) is 14.9. The summed E-state index contributed by atoms with van der Waals surface area (Å²) in [6.45, 7) is 7.29. The second kappa shape index (κ2) is 6.18. The highest BCUT2D eigenvalue weighted by molar-refractivity contribution is 7.90. The summed E-state index contributed by atoms with van der Waals surface area (Å²) in [5.74, 6) is 0.142. The van der Waals surface area contributed by atoms with Crippen LogP contribution in [0.3, 0.4) is 0 Å². The van der Waals surface area contributed by atoms with Crippen LogP contribution in [0.5, 0.6) is 0 Å². The standard InChI is InChI=1S/C15H22ClN3O2S/c1-15(2,3)19(7-8-22(4,20)21)11-13-10-18-9-12(16)5-6-14(18)17-13/h5-6,9-10H,7-8,11H2,1-4H3. The Labute approximate surface area is 136 Å². The molecule has 0 aliphatic carbocycles. The number of hydrogen-bond donors (Lipinski definition) is 0. The van der Waals surface area contributed by atoms with Gasteiger partial charge in [0.1, 0.15) is 15.5 Å². The molecule has 0 aliphatic rings. The monoisotopic (exact) mass is 343 g/mol. The van der Waals surface area contributed by atoms with Crippen molar-refractivity contribution in [2.45, 2.75) is 32.9 Å². The SMILES string of the molecule is CC(C)(C)N(CCS(C)(=O)=O)Cc1cn2cc(Cl)ccc2n1. The van der Waals surface area contributed by atoms with E-state index in [9.17, 15) is 8.42 Å². The van der Waals surface area contributed by atoms with Crippen LogP contribution in [-0.4, -0.2) is 46.8 Å². The molecule has 2 aromatic rings. The molecule has 0 atom stereocenters. The van der Waals surface area contributed by atoms with Gasteiger partial charge in [0.25, 0.3) is 0 Å². The maximum absolute atomic E-state index is 11.4. The minimum Gasteiger partial charge on any atom is -0.305 e. The Hall–Kier alpha value is -1.11. The van der Waals surface area contributed by atoms with Crippen LogP contribution in [0, 0.1) is 0 Å². The Bertz CT molecular complexity index is 763. The zero-order chi connectivity index (χ0) is 16.5. The van der Waals surface area contributed by atoms with Gasteiger partial charge in [0, 0.05) is 37.3 Å². The molecule has 0 saturated carbocycles. The molecule has 0 spiro atoms. The first-order valence-electron chi connectivity index (χ1n) is 7.10. The summed E-state index contributed by atoms with van der Waals surface area (Å²) in [5, 5.41) is 0.654. The summed E-state index contributed by atoms with van der Waals surface area (Å²) < 4.78 is 24.7. The van der Waals surface area contributed by atoms with Crippen LogP contribution in [0.4, 0.5) is 0 Å². The summed E-state index contributed by atoms with van der Waals surface area (Å²) in [6, 6.07) is 3.67.